The van der Waals surface area contributed by atoms with Gasteiger partial charge in [0.2, 0.25) is 5.91 Å². The molecule has 0 heterocycles. The minimum absolute atomic E-state index is 0.273. The van der Waals surface area contributed by atoms with Gasteiger partial charge < -0.3 is 10.2 Å². The van der Waals surface area contributed by atoms with Gasteiger partial charge in [0.25, 0.3) is 0 Å². The molecular formula is C34H68N2O. The van der Waals surface area contributed by atoms with Gasteiger partial charge in [-0.1, -0.05) is 142 Å². The summed E-state index contributed by atoms with van der Waals surface area (Å²) in [5, 5.41) is 3.41. The molecule has 1 amide bonds. The molecule has 3 atom stereocenters. The third-order valence-corrected chi connectivity index (χ3v) is 8.66. The first-order valence-electron chi connectivity index (χ1n) is 17.0. The molecule has 1 N–H and O–H groups in total. The highest BCUT2D eigenvalue weighted by atomic mass is 16.1. The summed E-state index contributed by atoms with van der Waals surface area (Å²) in [7, 11) is 4.17. The Balaban J connectivity index is 2.09. The Hall–Kier alpha value is -0.570. The molecule has 0 aromatic carbocycles. The maximum Gasteiger partial charge on any atom is 0.220 e. The number of amides is 1. The van der Waals surface area contributed by atoms with Crippen LogP contribution in [0, 0.1) is 11.8 Å². The van der Waals surface area contributed by atoms with Crippen LogP contribution in [-0.4, -0.2) is 37.5 Å². The van der Waals surface area contributed by atoms with Gasteiger partial charge in [-0.3, -0.25) is 4.79 Å². The van der Waals surface area contributed by atoms with Gasteiger partial charge in [-0.15, -0.1) is 0 Å². The van der Waals surface area contributed by atoms with Gasteiger partial charge >= 0.3 is 0 Å². The van der Waals surface area contributed by atoms with Crippen molar-refractivity contribution < 1.29 is 4.79 Å². The van der Waals surface area contributed by atoms with E-state index in [1.54, 1.807) is 0 Å². The van der Waals surface area contributed by atoms with Gasteiger partial charge in [0.05, 0.1) is 0 Å². The van der Waals surface area contributed by atoms with Gasteiger partial charge in [0.15, 0.2) is 0 Å². The Morgan fingerprint density at radius 2 is 1.08 bits per heavy atom. The van der Waals surface area contributed by atoms with Crippen LogP contribution in [0.1, 0.15) is 174 Å². The van der Waals surface area contributed by atoms with Crippen molar-refractivity contribution in [3.8, 4) is 0 Å². The van der Waals surface area contributed by atoms with Crippen LogP contribution in [0.3, 0.4) is 0 Å². The molecular weight excluding hydrogens is 452 g/mol. The third-order valence-electron chi connectivity index (χ3n) is 8.66. The van der Waals surface area contributed by atoms with Crippen LogP contribution in [0.15, 0.2) is 0 Å². The molecule has 3 nitrogen and oxygen atoms in total. The van der Waals surface area contributed by atoms with E-state index in [4.69, 9.17) is 0 Å². The van der Waals surface area contributed by atoms with Crippen molar-refractivity contribution in [2.24, 2.45) is 11.8 Å². The molecule has 0 bridgehead atoms. The molecule has 0 spiro atoms. The van der Waals surface area contributed by atoms with Crippen molar-refractivity contribution in [1.29, 1.82) is 0 Å². The molecule has 1 fully saturated rings. The van der Waals surface area contributed by atoms with E-state index in [2.05, 4.69) is 38.2 Å². The average Bonchev–Trinajstić information content (AvgIpc) is 3.62. The second-order valence-corrected chi connectivity index (χ2v) is 12.7. The molecule has 0 aromatic heterocycles. The van der Waals surface area contributed by atoms with Gasteiger partial charge in [-0.25, -0.2) is 0 Å². The second kappa shape index (κ2) is 24.5. The van der Waals surface area contributed by atoms with E-state index in [9.17, 15) is 4.79 Å². The lowest BCUT2D eigenvalue weighted by Crippen LogP contribution is -2.35. The molecule has 0 aliphatic heterocycles. The van der Waals surface area contributed by atoms with Gasteiger partial charge in [0.1, 0.15) is 0 Å². The second-order valence-electron chi connectivity index (χ2n) is 12.7. The van der Waals surface area contributed by atoms with E-state index in [-0.39, 0.29) is 5.91 Å². The minimum atomic E-state index is 0.273. The summed E-state index contributed by atoms with van der Waals surface area (Å²) in [5.41, 5.74) is 0. The molecule has 3 unspecified atom stereocenters. The normalized spacial score (nSPS) is 17.9. The summed E-state index contributed by atoms with van der Waals surface area (Å²) in [6, 6.07) is 0.400. The standard InChI is InChI=1S/C34H68N2O/c1-5-7-9-11-13-17-21-26-33(35-34(37)28-23-29-36(3)4)27-22-18-14-16-20-25-32-30-31(32)24-19-15-12-10-8-6-2/h31-33H,5-30H2,1-4H3,(H,35,37). The number of hydrogen-bond donors (Lipinski definition) is 1. The van der Waals surface area contributed by atoms with Crippen molar-refractivity contribution >= 4 is 5.91 Å². The van der Waals surface area contributed by atoms with E-state index in [0.717, 1.165) is 24.8 Å². The van der Waals surface area contributed by atoms with Gasteiger partial charge in [-0.05, 0) is 58.2 Å². The first-order valence-corrected chi connectivity index (χ1v) is 17.0. The first-order chi connectivity index (χ1) is 18.1. The summed E-state index contributed by atoms with van der Waals surface area (Å²) >= 11 is 0. The fourth-order valence-corrected chi connectivity index (χ4v) is 6.02. The summed E-state index contributed by atoms with van der Waals surface area (Å²) in [5.74, 6) is 2.43. The Kier molecular flexibility index (Phi) is 22.8. The fourth-order valence-electron chi connectivity index (χ4n) is 6.02. The van der Waals surface area contributed by atoms with Gasteiger partial charge in [-0.2, -0.15) is 0 Å². The van der Waals surface area contributed by atoms with E-state index in [1.165, 1.54) is 148 Å². The van der Waals surface area contributed by atoms with Crippen molar-refractivity contribution in [1.82, 2.24) is 10.2 Å². The molecule has 220 valence electrons. The molecule has 1 rings (SSSR count). The lowest BCUT2D eigenvalue weighted by molar-refractivity contribution is -0.122. The lowest BCUT2D eigenvalue weighted by Gasteiger charge is -2.19. The third kappa shape index (κ3) is 22.0. The monoisotopic (exact) mass is 521 g/mol. The predicted octanol–water partition coefficient (Wildman–Crippen LogP) is 10.1. The Bertz CT molecular complexity index is 506. The number of unbranched alkanes of at least 4 members (excludes halogenated alkanes) is 15. The molecule has 3 heteroatoms. The maximum absolute atomic E-state index is 12.5. The summed E-state index contributed by atoms with van der Waals surface area (Å²) in [6.07, 6.45) is 33.5. The van der Waals surface area contributed by atoms with E-state index in [0.29, 0.717) is 12.5 Å². The average molecular weight is 521 g/mol. The SMILES string of the molecule is CCCCCCCCCC(CCCCCCCC1CC1CCCCCCCC)NC(=O)CCCN(C)C. The molecule has 37 heavy (non-hydrogen) atoms. The van der Waals surface area contributed by atoms with Crippen LogP contribution in [0.5, 0.6) is 0 Å². The highest BCUT2D eigenvalue weighted by Crippen LogP contribution is 2.45. The van der Waals surface area contributed by atoms with Crippen LogP contribution >= 0.6 is 0 Å². The maximum atomic E-state index is 12.5. The number of nitrogens with one attached hydrogen (secondary N) is 1. The number of hydrogen-bond acceptors (Lipinski definition) is 2. The number of rotatable bonds is 28. The number of carbonyl (C=O) groups excluding carboxylic acids is 1. The topological polar surface area (TPSA) is 32.3 Å². The molecule has 1 saturated carbocycles. The highest BCUT2D eigenvalue weighted by molar-refractivity contribution is 5.76. The first kappa shape index (κ1) is 34.5. The zero-order chi connectivity index (χ0) is 27.0. The van der Waals surface area contributed by atoms with E-state index >= 15 is 0 Å². The van der Waals surface area contributed by atoms with Crippen LogP contribution < -0.4 is 5.32 Å². The molecule has 1 aliphatic rings. The summed E-state index contributed by atoms with van der Waals surface area (Å²) < 4.78 is 0. The smallest absolute Gasteiger partial charge is 0.220 e. The van der Waals surface area contributed by atoms with Crippen molar-refractivity contribution in [3.05, 3.63) is 0 Å². The molecule has 0 saturated heterocycles. The van der Waals surface area contributed by atoms with Crippen LogP contribution in [0.25, 0.3) is 0 Å². The van der Waals surface area contributed by atoms with Crippen LogP contribution in [-0.2, 0) is 4.79 Å². The van der Waals surface area contributed by atoms with E-state index in [1.807, 2.05) is 0 Å². The lowest BCUT2D eigenvalue weighted by atomic mass is 9.99. The molecule has 1 aliphatic carbocycles. The van der Waals surface area contributed by atoms with Crippen molar-refractivity contribution in [3.63, 3.8) is 0 Å². The largest absolute Gasteiger partial charge is 0.353 e. The Labute approximate surface area is 233 Å². The predicted molar refractivity (Wildman–Crippen MR) is 164 cm³/mol. The zero-order valence-corrected chi connectivity index (χ0v) is 26.0. The Morgan fingerprint density at radius 3 is 1.54 bits per heavy atom. The van der Waals surface area contributed by atoms with Crippen LogP contribution in [0.2, 0.25) is 0 Å². The van der Waals surface area contributed by atoms with Crippen molar-refractivity contribution in [2.45, 2.75) is 180 Å². The minimum Gasteiger partial charge on any atom is -0.353 e. The molecule has 0 radical (unpaired) electrons. The highest BCUT2D eigenvalue weighted by Gasteiger charge is 2.34. The number of carbonyl (C=O) groups is 1. The Morgan fingerprint density at radius 1 is 0.649 bits per heavy atom. The van der Waals surface area contributed by atoms with Crippen molar-refractivity contribution in [2.75, 3.05) is 20.6 Å². The summed E-state index contributed by atoms with van der Waals surface area (Å²) in [6.45, 7) is 5.58. The summed E-state index contributed by atoms with van der Waals surface area (Å²) in [4.78, 5) is 14.7. The quantitative estimate of drug-likeness (QED) is 0.104. The van der Waals surface area contributed by atoms with Gasteiger partial charge in [0, 0.05) is 12.5 Å². The number of nitrogens with zero attached hydrogens (tertiary/aromatic N) is 1. The van der Waals surface area contributed by atoms with Crippen LogP contribution in [0.4, 0.5) is 0 Å². The van der Waals surface area contributed by atoms with E-state index < -0.39 is 0 Å². The molecule has 0 aromatic rings. The zero-order valence-electron chi connectivity index (χ0n) is 26.0. The fraction of sp³-hybridized carbons (Fsp3) is 0.971.